The van der Waals surface area contributed by atoms with Gasteiger partial charge in [-0.1, -0.05) is 49.4 Å². The number of aryl methyl sites for hydroxylation is 1. The first-order chi connectivity index (χ1) is 12.9. The van der Waals surface area contributed by atoms with Crippen LogP contribution >= 0.6 is 0 Å². The smallest absolute Gasteiger partial charge is 0.322 e. The summed E-state index contributed by atoms with van der Waals surface area (Å²) in [5, 5.41) is 2.82. The summed E-state index contributed by atoms with van der Waals surface area (Å²) < 4.78 is 29.6. The second kappa shape index (κ2) is 7.75. The summed E-state index contributed by atoms with van der Waals surface area (Å²) in [6.45, 7) is 3.67. The number of carbonyl (C=O) groups excluding carboxylic acids is 1. The lowest BCUT2D eigenvalue weighted by molar-refractivity contribution is -0.112. The van der Waals surface area contributed by atoms with E-state index < -0.39 is 16.1 Å². The van der Waals surface area contributed by atoms with Gasteiger partial charge in [0, 0.05) is 11.9 Å². The van der Waals surface area contributed by atoms with Crippen molar-refractivity contribution in [1.82, 2.24) is 4.31 Å². The van der Waals surface area contributed by atoms with Gasteiger partial charge in [-0.2, -0.15) is 8.42 Å². The molecule has 2 aromatic carbocycles. The van der Waals surface area contributed by atoms with Gasteiger partial charge in [-0.25, -0.2) is 0 Å². The van der Waals surface area contributed by atoms with Gasteiger partial charge in [0.1, 0.15) is 0 Å². The Bertz CT molecular complexity index is 1010. The zero-order valence-corrected chi connectivity index (χ0v) is 16.0. The van der Waals surface area contributed by atoms with Crippen LogP contribution in [0.25, 0.3) is 0 Å². The maximum atomic E-state index is 12.7. The molecule has 0 aromatic heterocycles. The van der Waals surface area contributed by atoms with Crippen LogP contribution in [0.1, 0.15) is 25.0 Å². The molecule has 140 valence electrons. The van der Waals surface area contributed by atoms with E-state index in [4.69, 9.17) is 0 Å². The van der Waals surface area contributed by atoms with E-state index >= 15 is 0 Å². The number of benzene rings is 2. The molecule has 0 saturated heterocycles. The molecular formula is C20H21N3O3S. The lowest BCUT2D eigenvalue weighted by atomic mass is 10.1. The number of anilines is 1. The quantitative estimate of drug-likeness (QED) is 0.860. The van der Waals surface area contributed by atoms with Gasteiger partial charge in [0.25, 0.3) is 5.91 Å². The molecule has 1 N–H and O–H groups in total. The first-order valence-electron chi connectivity index (χ1n) is 8.64. The van der Waals surface area contributed by atoms with Crippen LogP contribution in [-0.2, 0) is 28.0 Å². The molecule has 6 nitrogen and oxygen atoms in total. The highest BCUT2D eigenvalue weighted by atomic mass is 32.2. The van der Waals surface area contributed by atoms with Crippen molar-refractivity contribution in [1.29, 1.82) is 0 Å². The van der Waals surface area contributed by atoms with Gasteiger partial charge in [0.15, 0.2) is 0 Å². The summed E-state index contributed by atoms with van der Waals surface area (Å²) in [4.78, 5) is 12.7. The fourth-order valence-corrected chi connectivity index (χ4v) is 3.86. The second-order valence-electron chi connectivity index (χ2n) is 6.24. The standard InChI is InChI=1S/C20H21N3O3S/c1-3-16-10-7-11-18(12-16)21-20(24)19-14-23(27(25,26)22-15(19)2)13-17-8-5-4-6-9-17/h4-12,14H,3,13H2,1-2H3,(H,21,24). The van der Waals surface area contributed by atoms with Crippen molar-refractivity contribution in [2.24, 2.45) is 4.40 Å². The maximum absolute atomic E-state index is 12.7. The molecule has 1 amide bonds. The van der Waals surface area contributed by atoms with Crippen molar-refractivity contribution in [3.05, 3.63) is 77.5 Å². The largest absolute Gasteiger partial charge is 0.344 e. The van der Waals surface area contributed by atoms with Gasteiger partial charge in [-0.3, -0.25) is 9.10 Å². The van der Waals surface area contributed by atoms with Crippen LogP contribution in [0.15, 0.2) is 70.8 Å². The summed E-state index contributed by atoms with van der Waals surface area (Å²) in [6.07, 6.45) is 2.21. The lowest BCUT2D eigenvalue weighted by Crippen LogP contribution is -2.32. The van der Waals surface area contributed by atoms with E-state index in [1.165, 1.54) is 13.1 Å². The highest BCUT2D eigenvalue weighted by Crippen LogP contribution is 2.21. The van der Waals surface area contributed by atoms with Gasteiger partial charge in [0.05, 0.1) is 17.8 Å². The maximum Gasteiger partial charge on any atom is 0.344 e. The van der Waals surface area contributed by atoms with Crippen LogP contribution in [0, 0.1) is 0 Å². The van der Waals surface area contributed by atoms with Gasteiger partial charge < -0.3 is 5.32 Å². The number of rotatable bonds is 5. The molecule has 0 fully saturated rings. The van der Waals surface area contributed by atoms with E-state index in [2.05, 4.69) is 9.71 Å². The molecule has 0 radical (unpaired) electrons. The Morgan fingerprint density at radius 2 is 1.78 bits per heavy atom. The molecule has 3 rings (SSSR count). The molecule has 0 spiro atoms. The highest BCUT2D eigenvalue weighted by molar-refractivity contribution is 7.88. The van der Waals surface area contributed by atoms with E-state index in [1.54, 1.807) is 6.07 Å². The molecular weight excluding hydrogens is 362 g/mol. The van der Waals surface area contributed by atoms with E-state index in [1.807, 2.05) is 55.5 Å². The van der Waals surface area contributed by atoms with Crippen molar-refractivity contribution in [2.75, 3.05) is 5.32 Å². The summed E-state index contributed by atoms with van der Waals surface area (Å²) >= 11 is 0. The zero-order chi connectivity index (χ0) is 19.4. The predicted molar refractivity (Wildman–Crippen MR) is 107 cm³/mol. The summed E-state index contributed by atoms with van der Waals surface area (Å²) in [5.41, 5.74) is 2.97. The van der Waals surface area contributed by atoms with Crippen molar-refractivity contribution >= 4 is 27.5 Å². The molecule has 0 bridgehead atoms. The van der Waals surface area contributed by atoms with E-state index in [-0.39, 0.29) is 17.8 Å². The van der Waals surface area contributed by atoms with Crippen LogP contribution in [0.4, 0.5) is 5.69 Å². The fraction of sp³-hybridized carbons (Fsp3) is 0.200. The first kappa shape index (κ1) is 18.8. The third kappa shape index (κ3) is 4.43. The van der Waals surface area contributed by atoms with Crippen molar-refractivity contribution < 1.29 is 13.2 Å². The minimum atomic E-state index is -3.86. The topological polar surface area (TPSA) is 78.8 Å². The summed E-state index contributed by atoms with van der Waals surface area (Å²) in [7, 11) is -3.86. The molecule has 7 heteroatoms. The molecule has 27 heavy (non-hydrogen) atoms. The fourth-order valence-electron chi connectivity index (χ4n) is 2.76. The Hall–Kier alpha value is -2.93. The van der Waals surface area contributed by atoms with Crippen LogP contribution in [0.2, 0.25) is 0 Å². The van der Waals surface area contributed by atoms with Crippen LogP contribution in [0.5, 0.6) is 0 Å². The first-order valence-corrected chi connectivity index (χ1v) is 10.0. The molecule has 0 unspecified atom stereocenters. The third-order valence-corrected chi connectivity index (χ3v) is 5.56. The molecule has 0 atom stereocenters. The minimum absolute atomic E-state index is 0.113. The van der Waals surface area contributed by atoms with Crippen LogP contribution in [0.3, 0.4) is 0 Å². The number of amides is 1. The Labute approximate surface area is 159 Å². The van der Waals surface area contributed by atoms with Gasteiger partial charge in [-0.05, 0) is 36.6 Å². The van der Waals surface area contributed by atoms with Gasteiger partial charge in [0.2, 0.25) is 0 Å². The molecule has 2 aromatic rings. The number of nitrogens with one attached hydrogen (secondary N) is 1. The highest BCUT2D eigenvalue weighted by Gasteiger charge is 2.28. The third-order valence-electron chi connectivity index (χ3n) is 4.23. The summed E-state index contributed by atoms with van der Waals surface area (Å²) in [5.74, 6) is -0.391. The minimum Gasteiger partial charge on any atom is -0.322 e. The van der Waals surface area contributed by atoms with Crippen molar-refractivity contribution in [2.45, 2.75) is 26.8 Å². The SMILES string of the molecule is CCc1cccc(NC(=O)C2=CN(Cc3ccccc3)S(=O)(=O)N=C2C)c1. The van der Waals surface area contributed by atoms with Gasteiger partial charge in [-0.15, -0.1) is 4.40 Å². The Balaban J connectivity index is 1.86. The Morgan fingerprint density at radius 3 is 2.48 bits per heavy atom. The number of hydrogen-bond acceptors (Lipinski definition) is 3. The van der Waals surface area contributed by atoms with Crippen molar-refractivity contribution in [3.63, 3.8) is 0 Å². The van der Waals surface area contributed by atoms with E-state index in [0.717, 1.165) is 21.9 Å². The predicted octanol–water partition coefficient (Wildman–Crippen LogP) is 3.29. The van der Waals surface area contributed by atoms with Crippen LogP contribution < -0.4 is 5.32 Å². The van der Waals surface area contributed by atoms with Crippen LogP contribution in [-0.4, -0.2) is 24.3 Å². The average Bonchev–Trinajstić information content (AvgIpc) is 2.64. The zero-order valence-electron chi connectivity index (χ0n) is 15.2. The number of carbonyl (C=O) groups is 1. The van der Waals surface area contributed by atoms with E-state index in [0.29, 0.717) is 5.69 Å². The van der Waals surface area contributed by atoms with Gasteiger partial charge >= 0.3 is 10.2 Å². The second-order valence-corrected chi connectivity index (χ2v) is 7.78. The summed E-state index contributed by atoms with van der Waals surface area (Å²) in [6, 6.07) is 16.7. The molecule has 1 heterocycles. The molecule has 0 aliphatic carbocycles. The Morgan fingerprint density at radius 1 is 1.07 bits per heavy atom. The Kier molecular flexibility index (Phi) is 5.41. The molecule has 0 saturated carbocycles. The van der Waals surface area contributed by atoms with E-state index in [9.17, 15) is 13.2 Å². The lowest BCUT2D eigenvalue weighted by Gasteiger charge is -2.23. The molecule has 1 aliphatic rings. The average molecular weight is 383 g/mol. The normalized spacial score (nSPS) is 15.7. The monoisotopic (exact) mass is 383 g/mol. The van der Waals surface area contributed by atoms with Crippen molar-refractivity contribution in [3.8, 4) is 0 Å². The molecule has 1 aliphatic heterocycles. The number of hydrogen-bond donors (Lipinski definition) is 1. The number of nitrogens with zero attached hydrogens (tertiary/aromatic N) is 2.